The molecule has 1 N–H and O–H groups in total. The molecule has 1 aromatic heterocycles. The summed E-state index contributed by atoms with van der Waals surface area (Å²) < 4.78 is 0. The zero-order valence-electron chi connectivity index (χ0n) is 21.7. The number of azo groups is 1. The van der Waals surface area contributed by atoms with Crippen LogP contribution in [0.2, 0.25) is 0 Å². The summed E-state index contributed by atoms with van der Waals surface area (Å²) in [7, 11) is 0. The molecule has 3 aromatic rings. The second-order valence-corrected chi connectivity index (χ2v) is 10.7. The van der Waals surface area contributed by atoms with Crippen LogP contribution < -0.4 is 5.32 Å². The van der Waals surface area contributed by atoms with E-state index in [1.54, 1.807) is 0 Å². The molecule has 1 amide bonds. The van der Waals surface area contributed by atoms with Gasteiger partial charge in [0.25, 0.3) is 5.91 Å². The Labute approximate surface area is 223 Å². The Morgan fingerprint density at radius 2 is 1.89 bits per heavy atom. The number of fused-ring (bicyclic) bond motifs is 1. The van der Waals surface area contributed by atoms with Crippen LogP contribution in [-0.2, 0) is 29.6 Å². The molecule has 4 heterocycles. The predicted molar refractivity (Wildman–Crippen MR) is 147 cm³/mol. The highest BCUT2D eigenvalue weighted by Gasteiger charge is 2.52. The summed E-state index contributed by atoms with van der Waals surface area (Å²) in [6.45, 7) is 3.83. The van der Waals surface area contributed by atoms with Crippen LogP contribution >= 0.6 is 0 Å². The first-order valence-electron chi connectivity index (χ1n) is 13.7. The molecule has 0 spiro atoms. The lowest BCUT2D eigenvalue weighted by Gasteiger charge is -2.39. The van der Waals surface area contributed by atoms with E-state index in [0.717, 1.165) is 53.1 Å². The van der Waals surface area contributed by atoms with E-state index in [-0.39, 0.29) is 5.91 Å². The lowest BCUT2D eigenvalue weighted by molar-refractivity contribution is -0.126. The molecule has 1 aliphatic carbocycles. The van der Waals surface area contributed by atoms with E-state index in [0.29, 0.717) is 19.6 Å². The number of benzene rings is 2. The van der Waals surface area contributed by atoms with E-state index >= 15 is 0 Å². The van der Waals surface area contributed by atoms with Crippen LogP contribution in [0.4, 0.5) is 0 Å². The van der Waals surface area contributed by atoms with Crippen molar-refractivity contribution in [1.29, 1.82) is 0 Å². The third-order valence-corrected chi connectivity index (χ3v) is 8.70. The number of amides is 1. The molecule has 4 aliphatic rings. The Hall–Kier alpha value is -4.06. The zero-order valence-corrected chi connectivity index (χ0v) is 21.7. The van der Waals surface area contributed by atoms with Crippen molar-refractivity contribution in [2.45, 2.75) is 51.0 Å². The SMILES string of the molecule is CC[C@]1(c2cccc(-c3ccnc4c3CCCC4)c2)C2=C(N=NC2)NC2=C1C(=O)N(Cc1ccccc1)C2. The normalized spacial score (nSPS) is 21.9. The number of nitrogens with zero attached hydrogens (tertiary/aromatic N) is 4. The van der Waals surface area contributed by atoms with Gasteiger partial charge in [0, 0.05) is 29.7 Å². The summed E-state index contributed by atoms with van der Waals surface area (Å²) in [6.07, 6.45) is 7.25. The molecule has 38 heavy (non-hydrogen) atoms. The number of nitrogens with one attached hydrogen (secondary N) is 1. The molecule has 7 rings (SSSR count). The van der Waals surface area contributed by atoms with Crippen LogP contribution in [0.5, 0.6) is 0 Å². The monoisotopic (exact) mass is 501 g/mol. The molecule has 2 aromatic carbocycles. The van der Waals surface area contributed by atoms with Gasteiger partial charge in [-0.25, -0.2) is 0 Å². The van der Waals surface area contributed by atoms with E-state index in [1.807, 2.05) is 29.3 Å². The smallest absolute Gasteiger partial charge is 0.253 e. The maximum absolute atomic E-state index is 14.2. The highest BCUT2D eigenvalue weighted by molar-refractivity contribution is 6.01. The van der Waals surface area contributed by atoms with Crippen molar-refractivity contribution < 1.29 is 4.79 Å². The van der Waals surface area contributed by atoms with Gasteiger partial charge in [0.05, 0.1) is 24.1 Å². The van der Waals surface area contributed by atoms with E-state index in [4.69, 9.17) is 0 Å². The molecule has 0 saturated carbocycles. The van der Waals surface area contributed by atoms with Crippen LogP contribution in [0.3, 0.4) is 0 Å². The largest absolute Gasteiger partial charge is 0.340 e. The zero-order chi connectivity index (χ0) is 25.7. The Morgan fingerprint density at radius 1 is 1.03 bits per heavy atom. The summed E-state index contributed by atoms with van der Waals surface area (Å²) in [5.74, 6) is 0.912. The first-order valence-corrected chi connectivity index (χ1v) is 13.7. The summed E-state index contributed by atoms with van der Waals surface area (Å²) in [5.41, 5.74) is 9.69. The van der Waals surface area contributed by atoms with E-state index < -0.39 is 5.41 Å². The maximum Gasteiger partial charge on any atom is 0.253 e. The molecule has 3 aliphatic heterocycles. The van der Waals surface area contributed by atoms with Gasteiger partial charge in [-0.3, -0.25) is 9.78 Å². The van der Waals surface area contributed by atoms with Crippen molar-refractivity contribution in [2.75, 3.05) is 13.1 Å². The summed E-state index contributed by atoms with van der Waals surface area (Å²) in [4.78, 5) is 20.8. The minimum Gasteiger partial charge on any atom is -0.340 e. The quantitative estimate of drug-likeness (QED) is 0.477. The van der Waals surface area contributed by atoms with Crippen LogP contribution in [-0.4, -0.2) is 28.9 Å². The summed E-state index contributed by atoms with van der Waals surface area (Å²) in [5, 5.41) is 12.4. The molecule has 6 heteroatoms. The average Bonchev–Trinajstić information content (AvgIpc) is 3.57. The highest BCUT2D eigenvalue weighted by Crippen LogP contribution is 2.51. The van der Waals surface area contributed by atoms with Crippen molar-refractivity contribution in [2.24, 2.45) is 10.2 Å². The number of aryl methyl sites for hydroxylation is 1. The van der Waals surface area contributed by atoms with E-state index in [1.165, 1.54) is 35.2 Å². The topological polar surface area (TPSA) is 70.0 Å². The van der Waals surface area contributed by atoms with Crippen LogP contribution in [0.25, 0.3) is 11.1 Å². The second kappa shape index (κ2) is 9.05. The fourth-order valence-corrected chi connectivity index (χ4v) is 6.91. The number of rotatable bonds is 5. The van der Waals surface area contributed by atoms with Crippen molar-refractivity contribution in [3.05, 3.63) is 112 Å². The minimum absolute atomic E-state index is 0.100. The van der Waals surface area contributed by atoms with Crippen LogP contribution in [0.15, 0.2) is 99.8 Å². The van der Waals surface area contributed by atoms with Crippen molar-refractivity contribution in [1.82, 2.24) is 15.2 Å². The Balaban J connectivity index is 1.34. The molecular formula is C32H31N5O. The standard InChI is InChI=1S/C32H31N5O/c1-2-32(23-12-8-11-22(17-23)24-15-16-33-27-14-7-6-13-25(24)27)26-18-34-36-30(26)35-28-20-37(31(38)29(28)32)19-21-9-4-3-5-10-21/h3-5,8-12,15-17,35H,2,6-7,13-14,18-20H2,1H3/t32-/m0/s1. The lowest BCUT2D eigenvalue weighted by Crippen LogP contribution is -2.41. The van der Waals surface area contributed by atoms with E-state index in [9.17, 15) is 4.79 Å². The third kappa shape index (κ3) is 3.46. The number of hydrogen-bond donors (Lipinski definition) is 1. The Bertz CT molecular complexity index is 1540. The van der Waals surface area contributed by atoms with Gasteiger partial charge in [-0.05, 0) is 72.1 Å². The fraction of sp³-hybridized carbons (Fsp3) is 0.312. The molecule has 0 bridgehead atoms. The molecule has 190 valence electrons. The highest BCUT2D eigenvalue weighted by atomic mass is 16.2. The van der Waals surface area contributed by atoms with Gasteiger partial charge in [0.1, 0.15) is 0 Å². The molecule has 0 unspecified atom stereocenters. The molecule has 6 nitrogen and oxygen atoms in total. The fourth-order valence-electron chi connectivity index (χ4n) is 6.91. The van der Waals surface area contributed by atoms with Gasteiger partial charge >= 0.3 is 0 Å². The Kier molecular flexibility index (Phi) is 5.50. The number of pyridine rings is 1. The van der Waals surface area contributed by atoms with Gasteiger partial charge in [-0.2, -0.15) is 5.11 Å². The lowest BCUT2D eigenvalue weighted by atomic mass is 9.64. The van der Waals surface area contributed by atoms with Crippen molar-refractivity contribution in [3.63, 3.8) is 0 Å². The van der Waals surface area contributed by atoms with Gasteiger partial charge in [0.2, 0.25) is 0 Å². The summed E-state index contributed by atoms with van der Waals surface area (Å²) in [6, 6.07) is 21.2. The number of dihydropyridines is 1. The van der Waals surface area contributed by atoms with Gasteiger partial charge in [0.15, 0.2) is 5.82 Å². The first-order chi connectivity index (χ1) is 18.7. The van der Waals surface area contributed by atoms with Crippen LogP contribution in [0, 0.1) is 0 Å². The minimum atomic E-state index is -0.564. The molecule has 0 fully saturated rings. The predicted octanol–water partition coefficient (Wildman–Crippen LogP) is 5.85. The van der Waals surface area contributed by atoms with E-state index in [2.05, 4.69) is 69.9 Å². The molecule has 0 saturated heterocycles. The van der Waals surface area contributed by atoms with Crippen molar-refractivity contribution >= 4 is 5.91 Å². The number of carbonyl (C=O) groups excluding carboxylic acids is 1. The summed E-state index contributed by atoms with van der Waals surface area (Å²) >= 11 is 0. The first kappa shape index (κ1) is 23.1. The van der Waals surface area contributed by atoms with Gasteiger partial charge in [-0.1, -0.05) is 55.5 Å². The van der Waals surface area contributed by atoms with Crippen molar-refractivity contribution in [3.8, 4) is 11.1 Å². The van der Waals surface area contributed by atoms with Gasteiger partial charge in [-0.15, -0.1) is 5.11 Å². The van der Waals surface area contributed by atoms with Gasteiger partial charge < -0.3 is 10.2 Å². The number of aromatic nitrogens is 1. The third-order valence-electron chi connectivity index (χ3n) is 8.70. The van der Waals surface area contributed by atoms with Crippen LogP contribution in [0.1, 0.15) is 48.6 Å². The number of hydrogen-bond acceptors (Lipinski definition) is 5. The number of carbonyl (C=O) groups is 1. The second-order valence-electron chi connectivity index (χ2n) is 10.7. The molecular weight excluding hydrogens is 470 g/mol. The maximum atomic E-state index is 14.2. The molecule has 1 atom stereocenters. The Morgan fingerprint density at radius 3 is 2.76 bits per heavy atom. The molecule has 0 radical (unpaired) electrons. The average molecular weight is 502 g/mol.